The van der Waals surface area contributed by atoms with Gasteiger partial charge in [0.05, 0.1) is 12.3 Å². The molecular formula is C9H10Cl2N2O. The standard InChI is InChI=1S/C9H10Cl2N2O/c10-8-4-7(12-9(11)13-8)6-2-1-3-14-5-6/h4,6H,1-3,5H2. The third-order valence-electron chi connectivity index (χ3n) is 2.27. The van der Waals surface area contributed by atoms with Crippen LogP contribution in [0.5, 0.6) is 0 Å². The Bertz CT molecular complexity index is 306. The van der Waals surface area contributed by atoms with E-state index in [1.807, 2.05) is 0 Å². The summed E-state index contributed by atoms with van der Waals surface area (Å²) in [5.74, 6) is 0.307. The number of nitrogens with zero attached hydrogens (tertiary/aromatic N) is 2. The first-order valence-electron chi connectivity index (χ1n) is 4.53. The van der Waals surface area contributed by atoms with Crippen LogP contribution in [-0.4, -0.2) is 23.2 Å². The largest absolute Gasteiger partial charge is 0.381 e. The van der Waals surface area contributed by atoms with Gasteiger partial charge in [-0.1, -0.05) is 11.6 Å². The summed E-state index contributed by atoms with van der Waals surface area (Å²) in [6.45, 7) is 1.53. The molecule has 1 aromatic rings. The van der Waals surface area contributed by atoms with Gasteiger partial charge in [0, 0.05) is 12.5 Å². The predicted octanol–water partition coefficient (Wildman–Crippen LogP) is 2.68. The second-order valence-corrected chi connectivity index (χ2v) is 4.02. The fourth-order valence-corrected chi connectivity index (χ4v) is 2.01. The van der Waals surface area contributed by atoms with Crippen LogP contribution in [0.1, 0.15) is 24.5 Å². The fourth-order valence-electron chi connectivity index (χ4n) is 1.59. The van der Waals surface area contributed by atoms with Gasteiger partial charge in [-0.25, -0.2) is 9.97 Å². The maximum Gasteiger partial charge on any atom is 0.224 e. The molecule has 1 aliphatic heterocycles. The van der Waals surface area contributed by atoms with E-state index in [1.54, 1.807) is 6.07 Å². The average Bonchev–Trinajstić information content (AvgIpc) is 2.18. The number of ether oxygens (including phenoxy) is 1. The number of hydrogen-bond donors (Lipinski definition) is 0. The summed E-state index contributed by atoms with van der Waals surface area (Å²) in [6.07, 6.45) is 2.13. The Balaban J connectivity index is 2.21. The lowest BCUT2D eigenvalue weighted by Gasteiger charge is -2.21. The van der Waals surface area contributed by atoms with Gasteiger partial charge in [0.2, 0.25) is 5.28 Å². The summed E-state index contributed by atoms with van der Waals surface area (Å²) in [6, 6.07) is 1.76. The first kappa shape index (κ1) is 10.1. The molecule has 1 aliphatic rings. The summed E-state index contributed by atoms with van der Waals surface area (Å²) in [4.78, 5) is 7.96. The molecule has 0 amide bonds. The van der Waals surface area contributed by atoms with Crippen LogP contribution in [0, 0.1) is 0 Å². The normalized spacial score (nSPS) is 22.3. The Morgan fingerprint density at radius 1 is 1.36 bits per heavy atom. The molecule has 1 aromatic heterocycles. The smallest absolute Gasteiger partial charge is 0.224 e. The Labute approximate surface area is 92.4 Å². The molecule has 2 rings (SSSR count). The van der Waals surface area contributed by atoms with Crippen molar-refractivity contribution >= 4 is 23.2 Å². The highest BCUT2D eigenvalue weighted by molar-refractivity contribution is 6.31. The molecule has 1 fully saturated rings. The van der Waals surface area contributed by atoms with E-state index in [2.05, 4.69) is 9.97 Å². The van der Waals surface area contributed by atoms with Crippen molar-refractivity contribution in [2.45, 2.75) is 18.8 Å². The van der Waals surface area contributed by atoms with Crippen molar-refractivity contribution in [3.8, 4) is 0 Å². The number of halogens is 2. The van der Waals surface area contributed by atoms with E-state index in [0.29, 0.717) is 17.7 Å². The zero-order valence-corrected chi connectivity index (χ0v) is 9.05. The van der Waals surface area contributed by atoms with Crippen molar-refractivity contribution in [1.82, 2.24) is 9.97 Å². The first-order valence-corrected chi connectivity index (χ1v) is 5.29. The third kappa shape index (κ3) is 2.35. The Morgan fingerprint density at radius 3 is 2.86 bits per heavy atom. The third-order valence-corrected chi connectivity index (χ3v) is 2.63. The molecule has 0 aliphatic carbocycles. The Hall–Kier alpha value is -0.380. The predicted molar refractivity (Wildman–Crippen MR) is 54.8 cm³/mol. The molecule has 3 nitrogen and oxygen atoms in total. The quantitative estimate of drug-likeness (QED) is 0.552. The minimum Gasteiger partial charge on any atom is -0.381 e. The van der Waals surface area contributed by atoms with Crippen LogP contribution >= 0.6 is 23.2 Å². The van der Waals surface area contributed by atoms with E-state index in [-0.39, 0.29) is 5.28 Å². The highest BCUT2D eigenvalue weighted by atomic mass is 35.5. The minimum atomic E-state index is 0.207. The second kappa shape index (κ2) is 4.43. The summed E-state index contributed by atoms with van der Waals surface area (Å²) >= 11 is 11.5. The number of aromatic nitrogens is 2. The van der Waals surface area contributed by atoms with E-state index in [1.165, 1.54) is 0 Å². The molecule has 0 saturated carbocycles. The lowest BCUT2D eigenvalue weighted by molar-refractivity contribution is 0.0793. The molecule has 0 N–H and O–H groups in total. The zero-order valence-electron chi connectivity index (χ0n) is 7.54. The van der Waals surface area contributed by atoms with Crippen molar-refractivity contribution in [1.29, 1.82) is 0 Å². The van der Waals surface area contributed by atoms with Crippen LogP contribution in [0.25, 0.3) is 0 Å². The van der Waals surface area contributed by atoms with Gasteiger partial charge in [-0.05, 0) is 30.5 Å². The molecule has 1 unspecified atom stereocenters. The van der Waals surface area contributed by atoms with Crippen molar-refractivity contribution in [2.75, 3.05) is 13.2 Å². The van der Waals surface area contributed by atoms with E-state index in [0.717, 1.165) is 25.1 Å². The van der Waals surface area contributed by atoms with Gasteiger partial charge in [-0.15, -0.1) is 0 Å². The zero-order chi connectivity index (χ0) is 9.97. The van der Waals surface area contributed by atoms with Crippen molar-refractivity contribution in [3.63, 3.8) is 0 Å². The Kier molecular flexibility index (Phi) is 3.21. The summed E-state index contributed by atoms with van der Waals surface area (Å²) in [5, 5.41) is 0.601. The SMILES string of the molecule is Clc1cc(C2CCCOC2)nc(Cl)n1. The van der Waals surface area contributed by atoms with Crippen molar-refractivity contribution < 1.29 is 4.74 Å². The molecule has 0 aromatic carbocycles. The molecule has 0 radical (unpaired) electrons. The molecular weight excluding hydrogens is 223 g/mol. The molecule has 1 saturated heterocycles. The van der Waals surface area contributed by atoms with E-state index >= 15 is 0 Å². The van der Waals surface area contributed by atoms with Crippen LogP contribution in [0.2, 0.25) is 10.4 Å². The van der Waals surface area contributed by atoms with Gasteiger partial charge in [0.1, 0.15) is 5.15 Å². The van der Waals surface area contributed by atoms with E-state index in [4.69, 9.17) is 27.9 Å². The Morgan fingerprint density at radius 2 is 2.21 bits per heavy atom. The molecule has 0 spiro atoms. The van der Waals surface area contributed by atoms with Crippen LogP contribution in [0.15, 0.2) is 6.07 Å². The number of hydrogen-bond acceptors (Lipinski definition) is 3. The van der Waals surface area contributed by atoms with Crippen molar-refractivity contribution in [3.05, 3.63) is 22.2 Å². The fraction of sp³-hybridized carbons (Fsp3) is 0.556. The van der Waals surface area contributed by atoms with Crippen LogP contribution < -0.4 is 0 Å². The molecule has 0 bridgehead atoms. The molecule has 1 atom stereocenters. The number of rotatable bonds is 1. The van der Waals surface area contributed by atoms with Gasteiger partial charge in [0.25, 0.3) is 0 Å². The molecule has 14 heavy (non-hydrogen) atoms. The van der Waals surface area contributed by atoms with Crippen LogP contribution in [0.4, 0.5) is 0 Å². The van der Waals surface area contributed by atoms with Crippen molar-refractivity contribution in [2.24, 2.45) is 0 Å². The summed E-state index contributed by atoms with van der Waals surface area (Å²) < 4.78 is 5.37. The monoisotopic (exact) mass is 232 g/mol. The van der Waals surface area contributed by atoms with Gasteiger partial charge < -0.3 is 4.74 Å². The lowest BCUT2D eigenvalue weighted by atomic mass is 9.98. The maximum atomic E-state index is 5.79. The average molecular weight is 233 g/mol. The lowest BCUT2D eigenvalue weighted by Crippen LogP contribution is -2.16. The topological polar surface area (TPSA) is 35.0 Å². The highest BCUT2D eigenvalue weighted by Gasteiger charge is 2.18. The van der Waals surface area contributed by atoms with E-state index < -0.39 is 0 Å². The summed E-state index contributed by atoms with van der Waals surface area (Å²) in [7, 11) is 0. The van der Waals surface area contributed by atoms with Gasteiger partial charge in [-0.2, -0.15) is 0 Å². The highest BCUT2D eigenvalue weighted by Crippen LogP contribution is 2.25. The van der Waals surface area contributed by atoms with E-state index in [9.17, 15) is 0 Å². The molecule has 5 heteroatoms. The maximum absolute atomic E-state index is 5.79. The van der Waals surface area contributed by atoms with Gasteiger partial charge >= 0.3 is 0 Å². The first-order chi connectivity index (χ1) is 6.75. The van der Waals surface area contributed by atoms with Crippen LogP contribution in [-0.2, 0) is 4.74 Å². The second-order valence-electron chi connectivity index (χ2n) is 3.30. The van der Waals surface area contributed by atoms with Gasteiger partial charge in [0.15, 0.2) is 0 Å². The minimum absolute atomic E-state index is 0.207. The molecule has 2 heterocycles. The van der Waals surface area contributed by atoms with Crippen LogP contribution in [0.3, 0.4) is 0 Å². The summed E-state index contributed by atoms with van der Waals surface area (Å²) in [5.41, 5.74) is 0.884. The van der Waals surface area contributed by atoms with Gasteiger partial charge in [-0.3, -0.25) is 0 Å². The molecule has 76 valence electrons.